The molecular formula is C41H49Cl2N9O3. The van der Waals surface area contributed by atoms with Crippen molar-refractivity contribution in [1.29, 1.82) is 0 Å². The summed E-state index contributed by atoms with van der Waals surface area (Å²) in [5, 5.41) is 4.30. The Labute approximate surface area is 333 Å². The van der Waals surface area contributed by atoms with Gasteiger partial charge in [0, 0.05) is 101 Å². The Kier molecular flexibility index (Phi) is 13.8. The molecule has 12 nitrogen and oxygen atoms in total. The molecule has 0 radical (unpaired) electrons. The second kappa shape index (κ2) is 18.9. The van der Waals surface area contributed by atoms with Gasteiger partial charge in [-0.1, -0.05) is 54.4 Å². The van der Waals surface area contributed by atoms with Crippen LogP contribution in [0.3, 0.4) is 0 Å². The van der Waals surface area contributed by atoms with Gasteiger partial charge in [-0.2, -0.15) is 0 Å². The van der Waals surface area contributed by atoms with Gasteiger partial charge >= 0.3 is 0 Å². The van der Waals surface area contributed by atoms with Crippen molar-refractivity contribution in [3.8, 4) is 22.6 Å². The number of carbonyl (C=O) groups is 1. The van der Waals surface area contributed by atoms with E-state index in [0.717, 1.165) is 77.6 Å². The number of carbonyl (C=O) groups excluding carboxylic acids is 1. The average molecular weight is 787 g/mol. The lowest BCUT2D eigenvalue weighted by Crippen LogP contribution is -2.45. The van der Waals surface area contributed by atoms with E-state index in [-0.39, 0.29) is 5.91 Å². The molecular weight excluding hydrogens is 737 g/mol. The van der Waals surface area contributed by atoms with Crippen LogP contribution in [0.25, 0.3) is 22.0 Å². The van der Waals surface area contributed by atoms with E-state index in [1.54, 1.807) is 30.5 Å². The van der Waals surface area contributed by atoms with Crippen LogP contribution in [0.15, 0.2) is 73.2 Å². The molecule has 0 atom stereocenters. The van der Waals surface area contributed by atoms with Gasteiger partial charge in [0.1, 0.15) is 23.1 Å². The zero-order valence-electron chi connectivity index (χ0n) is 31.9. The number of hydrogen-bond donors (Lipinski definition) is 2. The number of methoxy groups -OCH3 is 2. The van der Waals surface area contributed by atoms with E-state index in [2.05, 4.69) is 59.9 Å². The third-order valence-corrected chi connectivity index (χ3v) is 10.8. The Bertz CT molecular complexity index is 2020. The molecule has 2 fully saturated rings. The van der Waals surface area contributed by atoms with Crippen LogP contribution >= 0.6 is 23.2 Å². The zero-order valence-corrected chi connectivity index (χ0v) is 33.4. The number of likely N-dealkylation sites (N-methyl/N-ethyl adjacent to an activating group) is 2. The van der Waals surface area contributed by atoms with Gasteiger partial charge in [0.25, 0.3) is 5.91 Å². The van der Waals surface area contributed by atoms with Gasteiger partial charge in [0.05, 0.1) is 35.3 Å². The number of nitrogens with two attached hydrogens (primary N) is 1. The smallest absolute Gasteiger partial charge is 0.259 e. The van der Waals surface area contributed by atoms with E-state index in [4.69, 9.17) is 38.4 Å². The van der Waals surface area contributed by atoms with Gasteiger partial charge in [-0.15, -0.1) is 0 Å². The highest BCUT2D eigenvalue weighted by atomic mass is 35.5. The molecule has 7 rings (SSSR count). The second-order valence-corrected chi connectivity index (χ2v) is 14.5. The van der Waals surface area contributed by atoms with Gasteiger partial charge in [-0.25, -0.2) is 9.97 Å². The van der Waals surface area contributed by atoms with Gasteiger partial charge < -0.3 is 30.3 Å². The molecule has 55 heavy (non-hydrogen) atoms. The SMILES string of the molecule is CCN1CCN(Cc2ccc(NC(=O)c3ccc(-c4c(Cl)c(OC)cc(OC)c4Cl)c4cccnc34)nc2)CC1.CN1CCN(Cc2ccc(N)nc2)CC1. The van der Waals surface area contributed by atoms with Crippen molar-refractivity contribution in [1.82, 2.24) is 34.6 Å². The molecule has 3 N–H and O–H groups in total. The Morgan fingerprint density at radius 2 is 1.38 bits per heavy atom. The quantitative estimate of drug-likeness (QED) is 0.163. The van der Waals surface area contributed by atoms with E-state index in [9.17, 15) is 4.79 Å². The third-order valence-electron chi connectivity index (χ3n) is 10.1. The molecule has 290 valence electrons. The summed E-state index contributed by atoms with van der Waals surface area (Å²) in [7, 11) is 5.22. The number of anilines is 2. The molecule has 2 saturated heterocycles. The molecule has 14 heteroatoms. The van der Waals surface area contributed by atoms with Crippen LogP contribution in [0, 0.1) is 0 Å². The summed E-state index contributed by atoms with van der Waals surface area (Å²) >= 11 is 13.4. The number of aromatic nitrogens is 3. The number of benzene rings is 2. The summed E-state index contributed by atoms with van der Waals surface area (Å²) in [6, 6.07) is 16.6. The maximum Gasteiger partial charge on any atom is 0.259 e. The number of rotatable bonds is 10. The lowest BCUT2D eigenvalue weighted by atomic mass is 9.97. The normalized spacial score (nSPS) is 15.7. The first-order valence-electron chi connectivity index (χ1n) is 18.5. The lowest BCUT2D eigenvalue weighted by molar-refractivity contribution is 0.102. The highest BCUT2D eigenvalue weighted by Gasteiger charge is 2.23. The van der Waals surface area contributed by atoms with Crippen molar-refractivity contribution in [2.24, 2.45) is 0 Å². The van der Waals surface area contributed by atoms with Crippen molar-refractivity contribution in [2.45, 2.75) is 20.0 Å². The van der Waals surface area contributed by atoms with Crippen LogP contribution < -0.4 is 20.5 Å². The van der Waals surface area contributed by atoms with Gasteiger partial charge in [0.15, 0.2) is 0 Å². The number of hydrogen-bond acceptors (Lipinski definition) is 11. The maximum absolute atomic E-state index is 13.4. The molecule has 3 aromatic heterocycles. The average Bonchev–Trinajstić information content (AvgIpc) is 3.21. The summed E-state index contributed by atoms with van der Waals surface area (Å²) in [6.07, 6.45) is 5.33. The Balaban J connectivity index is 0.000000286. The maximum atomic E-state index is 13.4. The molecule has 2 aromatic carbocycles. The number of nitrogens with one attached hydrogen (secondary N) is 1. The van der Waals surface area contributed by atoms with Crippen LogP contribution in [0.5, 0.6) is 11.5 Å². The molecule has 2 aliphatic heterocycles. The van der Waals surface area contributed by atoms with E-state index in [1.165, 1.54) is 19.8 Å². The van der Waals surface area contributed by atoms with Crippen LogP contribution in [0.2, 0.25) is 10.0 Å². The van der Waals surface area contributed by atoms with Gasteiger partial charge in [-0.3, -0.25) is 19.6 Å². The Hall–Kier alpha value is -4.56. The number of nitrogen functional groups attached to an aromatic ring is 1. The van der Waals surface area contributed by atoms with Crippen molar-refractivity contribution in [3.63, 3.8) is 0 Å². The van der Waals surface area contributed by atoms with Crippen molar-refractivity contribution in [3.05, 3.63) is 99.9 Å². The number of piperazine rings is 2. The van der Waals surface area contributed by atoms with Crippen molar-refractivity contribution < 1.29 is 14.3 Å². The molecule has 0 spiro atoms. The fourth-order valence-electron chi connectivity index (χ4n) is 6.79. The topological polar surface area (TPSA) is 125 Å². The minimum absolute atomic E-state index is 0.313. The molecule has 0 unspecified atom stereocenters. The Morgan fingerprint density at radius 1 is 0.782 bits per heavy atom. The predicted octanol–water partition coefficient (Wildman–Crippen LogP) is 6.42. The number of ether oxygens (including phenoxy) is 2. The first-order valence-corrected chi connectivity index (χ1v) is 19.2. The second-order valence-electron chi connectivity index (χ2n) is 13.7. The lowest BCUT2D eigenvalue weighted by Gasteiger charge is -2.33. The van der Waals surface area contributed by atoms with E-state index in [0.29, 0.717) is 60.8 Å². The first-order chi connectivity index (χ1) is 26.7. The summed E-state index contributed by atoms with van der Waals surface area (Å²) in [4.78, 5) is 36.2. The minimum Gasteiger partial charge on any atom is -0.495 e. The van der Waals surface area contributed by atoms with Gasteiger partial charge in [0.2, 0.25) is 0 Å². The van der Waals surface area contributed by atoms with Crippen LogP contribution in [-0.2, 0) is 13.1 Å². The minimum atomic E-state index is -0.313. The molecule has 0 aliphatic carbocycles. The van der Waals surface area contributed by atoms with Crippen LogP contribution in [0.4, 0.5) is 11.6 Å². The Morgan fingerprint density at radius 3 is 1.95 bits per heavy atom. The van der Waals surface area contributed by atoms with E-state index < -0.39 is 0 Å². The van der Waals surface area contributed by atoms with Gasteiger partial charge in [-0.05, 0) is 54.5 Å². The largest absolute Gasteiger partial charge is 0.495 e. The molecule has 2 aliphatic rings. The molecule has 5 heterocycles. The molecule has 1 amide bonds. The van der Waals surface area contributed by atoms with E-state index in [1.807, 2.05) is 36.7 Å². The highest BCUT2D eigenvalue weighted by Crippen LogP contribution is 2.47. The summed E-state index contributed by atoms with van der Waals surface area (Å²) < 4.78 is 10.9. The number of pyridine rings is 3. The standard InChI is InChI=1S/C30H31Cl2N5O3.C11H18N4/c1-4-36-12-14-37(15-13-36)18-19-7-10-25(34-17-19)35-30(38)22-9-8-20(21-6-5-11-33-29(21)22)26-27(31)23(39-2)16-24(40-3)28(26)32;1-14-4-6-15(7-5-14)9-10-2-3-11(12)13-8-10/h5-11,16-17H,4,12-15,18H2,1-3H3,(H,34,35,38);2-3,8H,4-7,9H2,1H3,(H2,12,13). The monoisotopic (exact) mass is 785 g/mol. The number of fused-ring (bicyclic) bond motifs is 1. The van der Waals surface area contributed by atoms with Crippen molar-refractivity contribution in [2.75, 3.05) is 91.2 Å². The zero-order chi connectivity index (χ0) is 38.9. The van der Waals surface area contributed by atoms with Crippen LogP contribution in [-0.4, -0.2) is 121 Å². The summed E-state index contributed by atoms with van der Waals surface area (Å²) in [5.74, 6) is 1.61. The number of nitrogens with zero attached hydrogens (tertiary/aromatic N) is 7. The molecule has 0 bridgehead atoms. The molecule has 0 saturated carbocycles. The summed E-state index contributed by atoms with van der Waals surface area (Å²) in [5.41, 5.74) is 10.1. The first kappa shape index (κ1) is 40.1. The fraction of sp³-hybridized carbons (Fsp3) is 0.366. The van der Waals surface area contributed by atoms with E-state index >= 15 is 0 Å². The summed E-state index contributed by atoms with van der Waals surface area (Å²) in [6.45, 7) is 14.0. The number of halogens is 2. The van der Waals surface area contributed by atoms with Crippen LogP contribution in [0.1, 0.15) is 28.4 Å². The predicted molar refractivity (Wildman–Crippen MR) is 221 cm³/mol. The molecule has 5 aromatic rings. The third kappa shape index (κ3) is 10.0. The highest BCUT2D eigenvalue weighted by molar-refractivity contribution is 6.41. The fourth-order valence-corrected chi connectivity index (χ4v) is 7.49. The number of amides is 1. The van der Waals surface area contributed by atoms with Crippen molar-refractivity contribution >= 4 is 51.6 Å².